The number of nitrogens with zero attached hydrogens (tertiary/aromatic N) is 2. The van der Waals surface area contributed by atoms with E-state index in [2.05, 4.69) is 47.6 Å². The quantitative estimate of drug-likeness (QED) is 0.785. The molecule has 0 fully saturated rings. The lowest BCUT2D eigenvalue weighted by Gasteiger charge is -2.20. The van der Waals surface area contributed by atoms with E-state index < -0.39 is 17.7 Å². The Bertz CT molecular complexity index is 737. The third kappa shape index (κ3) is 6.08. The number of hydrogen-bond acceptors (Lipinski definition) is 6. The molecule has 2 aromatic rings. The smallest absolute Gasteiger partial charge is 0.408 e. The highest BCUT2D eigenvalue weighted by atomic mass is 32.2. The molecule has 0 saturated carbocycles. The van der Waals surface area contributed by atoms with Crippen LogP contribution in [0.3, 0.4) is 0 Å². The van der Waals surface area contributed by atoms with Crippen LogP contribution in [-0.2, 0) is 10.5 Å². The number of aromatic nitrogens is 2. The zero-order valence-electron chi connectivity index (χ0n) is 15.5. The van der Waals surface area contributed by atoms with Gasteiger partial charge in [0.15, 0.2) is 0 Å². The first-order valence-electron chi connectivity index (χ1n) is 8.16. The maximum absolute atomic E-state index is 11.8. The van der Waals surface area contributed by atoms with Crippen LogP contribution in [0.15, 0.2) is 27.8 Å². The van der Waals surface area contributed by atoms with Gasteiger partial charge in [-0.3, -0.25) is 0 Å². The van der Waals surface area contributed by atoms with Crippen LogP contribution in [0.25, 0.3) is 0 Å². The molecule has 1 aromatic carbocycles. The molecule has 0 unspecified atom stereocenters. The number of thioether (sulfide) groups is 1. The van der Waals surface area contributed by atoms with E-state index in [1.165, 1.54) is 28.5 Å². The summed E-state index contributed by atoms with van der Waals surface area (Å²) in [5.41, 5.74) is 3.15. The highest BCUT2D eigenvalue weighted by Crippen LogP contribution is 2.25. The van der Waals surface area contributed by atoms with Gasteiger partial charge in [-0.05, 0) is 52.7 Å². The second-order valence-electron chi connectivity index (χ2n) is 6.99. The minimum Gasteiger partial charge on any atom is -0.444 e. The predicted octanol–water partition coefficient (Wildman–Crippen LogP) is 4.56. The number of alkyl carbamates (subject to hydrolysis) is 1. The van der Waals surface area contributed by atoms with E-state index in [0.29, 0.717) is 11.1 Å². The van der Waals surface area contributed by atoms with Gasteiger partial charge in [0, 0.05) is 5.75 Å². The van der Waals surface area contributed by atoms with E-state index >= 15 is 0 Å². The standard InChI is InChI=1S/C18H25N3O3S/c1-11-7-8-12(2)14(9-11)10-25-17-21-20-15(23-17)13(3)19-16(22)24-18(4,5)6/h7-9,13H,10H2,1-6H3,(H,19,22)/t13-/m0/s1. The summed E-state index contributed by atoms with van der Waals surface area (Å²) in [6.07, 6.45) is -0.511. The molecule has 0 aliphatic rings. The SMILES string of the molecule is Cc1ccc(C)c(CSc2nnc([C@H](C)NC(=O)OC(C)(C)C)o2)c1. The molecular weight excluding hydrogens is 338 g/mol. The van der Waals surface area contributed by atoms with Crippen molar-refractivity contribution in [3.8, 4) is 0 Å². The third-order valence-electron chi connectivity index (χ3n) is 3.38. The molecule has 1 atom stereocenters. The molecule has 6 nitrogen and oxygen atoms in total. The fourth-order valence-electron chi connectivity index (χ4n) is 2.10. The number of ether oxygens (including phenoxy) is 1. The first-order valence-corrected chi connectivity index (χ1v) is 9.14. The van der Waals surface area contributed by atoms with Crippen molar-refractivity contribution in [2.45, 2.75) is 64.2 Å². The Balaban J connectivity index is 1.93. The fourth-order valence-corrected chi connectivity index (χ4v) is 2.93. The molecule has 0 spiro atoms. The summed E-state index contributed by atoms with van der Waals surface area (Å²) in [6, 6.07) is 5.94. The zero-order valence-corrected chi connectivity index (χ0v) is 16.4. The average Bonchev–Trinajstić information content (AvgIpc) is 2.95. The summed E-state index contributed by atoms with van der Waals surface area (Å²) >= 11 is 1.48. The van der Waals surface area contributed by atoms with Crippen molar-refractivity contribution in [3.63, 3.8) is 0 Å². The second kappa shape index (κ2) is 7.91. The Kier molecular flexibility index (Phi) is 6.11. The predicted molar refractivity (Wildman–Crippen MR) is 97.6 cm³/mol. The lowest BCUT2D eigenvalue weighted by Crippen LogP contribution is -2.34. The number of rotatable bonds is 5. The number of aryl methyl sites for hydroxylation is 2. The second-order valence-corrected chi connectivity index (χ2v) is 7.92. The maximum Gasteiger partial charge on any atom is 0.408 e. The van der Waals surface area contributed by atoms with Crippen LogP contribution in [0, 0.1) is 13.8 Å². The molecule has 7 heteroatoms. The number of amides is 1. The molecule has 0 radical (unpaired) electrons. The molecule has 136 valence electrons. The molecule has 1 heterocycles. The Morgan fingerprint density at radius 3 is 2.72 bits per heavy atom. The van der Waals surface area contributed by atoms with Crippen molar-refractivity contribution in [1.82, 2.24) is 15.5 Å². The zero-order chi connectivity index (χ0) is 18.6. The van der Waals surface area contributed by atoms with Crippen molar-refractivity contribution in [2.24, 2.45) is 0 Å². The van der Waals surface area contributed by atoms with Gasteiger partial charge in [-0.2, -0.15) is 0 Å². The summed E-state index contributed by atoms with van der Waals surface area (Å²) in [5.74, 6) is 1.11. The van der Waals surface area contributed by atoms with Crippen molar-refractivity contribution in [1.29, 1.82) is 0 Å². The van der Waals surface area contributed by atoms with Crippen LogP contribution in [0.5, 0.6) is 0 Å². The van der Waals surface area contributed by atoms with E-state index in [4.69, 9.17) is 9.15 Å². The van der Waals surface area contributed by atoms with Crippen LogP contribution >= 0.6 is 11.8 Å². The average molecular weight is 363 g/mol. The monoisotopic (exact) mass is 363 g/mol. The first kappa shape index (κ1) is 19.3. The van der Waals surface area contributed by atoms with Gasteiger partial charge in [-0.25, -0.2) is 4.79 Å². The normalized spacial score (nSPS) is 12.7. The van der Waals surface area contributed by atoms with Crippen LogP contribution in [0.1, 0.15) is 56.3 Å². The van der Waals surface area contributed by atoms with E-state index in [1.807, 2.05) is 20.8 Å². The summed E-state index contributed by atoms with van der Waals surface area (Å²) in [7, 11) is 0. The summed E-state index contributed by atoms with van der Waals surface area (Å²) in [4.78, 5) is 11.8. The molecule has 0 bridgehead atoms. The maximum atomic E-state index is 11.8. The van der Waals surface area contributed by atoms with Gasteiger partial charge in [-0.1, -0.05) is 35.5 Å². The van der Waals surface area contributed by atoms with Crippen molar-refractivity contribution in [3.05, 3.63) is 40.8 Å². The molecular formula is C18H25N3O3S. The summed E-state index contributed by atoms with van der Waals surface area (Å²) in [6.45, 7) is 11.4. The van der Waals surface area contributed by atoms with Gasteiger partial charge in [0.1, 0.15) is 11.6 Å². The lowest BCUT2D eigenvalue weighted by atomic mass is 10.1. The van der Waals surface area contributed by atoms with Gasteiger partial charge in [0.25, 0.3) is 5.22 Å². The number of carbonyl (C=O) groups is 1. The molecule has 0 saturated heterocycles. The summed E-state index contributed by atoms with van der Waals surface area (Å²) in [5, 5.41) is 11.2. The van der Waals surface area contributed by atoms with Gasteiger partial charge in [-0.15, -0.1) is 10.2 Å². The number of hydrogen-bond donors (Lipinski definition) is 1. The van der Waals surface area contributed by atoms with Crippen LogP contribution < -0.4 is 5.32 Å². The molecule has 25 heavy (non-hydrogen) atoms. The largest absolute Gasteiger partial charge is 0.444 e. The summed E-state index contributed by atoms with van der Waals surface area (Å²) < 4.78 is 10.9. The van der Waals surface area contributed by atoms with Crippen molar-refractivity contribution in [2.75, 3.05) is 0 Å². The van der Waals surface area contributed by atoms with Gasteiger partial charge >= 0.3 is 6.09 Å². The topological polar surface area (TPSA) is 77.2 Å². The fraction of sp³-hybridized carbons (Fsp3) is 0.500. The molecule has 1 N–H and O–H groups in total. The van der Waals surface area contributed by atoms with Crippen LogP contribution in [-0.4, -0.2) is 21.9 Å². The molecule has 0 aliphatic carbocycles. The lowest BCUT2D eigenvalue weighted by molar-refractivity contribution is 0.0500. The van der Waals surface area contributed by atoms with E-state index in [9.17, 15) is 4.79 Å². The molecule has 1 aromatic heterocycles. The Morgan fingerprint density at radius 1 is 1.32 bits per heavy atom. The molecule has 0 aliphatic heterocycles. The van der Waals surface area contributed by atoms with Crippen molar-refractivity contribution >= 4 is 17.9 Å². The van der Waals surface area contributed by atoms with Gasteiger partial charge < -0.3 is 14.5 Å². The minimum absolute atomic E-state index is 0.356. The van der Waals surface area contributed by atoms with E-state index in [-0.39, 0.29) is 0 Å². The highest BCUT2D eigenvalue weighted by molar-refractivity contribution is 7.98. The Labute approximate surface area is 152 Å². The molecule has 1 amide bonds. The Hall–Kier alpha value is -2.02. The molecule has 2 rings (SSSR count). The minimum atomic E-state index is -0.550. The number of carbonyl (C=O) groups excluding carboxylic acids is 1. The third-order valence-corrected chi connectivity index (χ3v) is 4.25. The van der Waals surface area contributed by atoms with Crippen LogP contribution in [0.4, 0.5) is 4.79 Å². The Morgan fingerprint density at radius 2 is 2.04 bits per heavy atom. The van der Waals surface area contributed by atoms with E-state index in [0.717, 1.165) is 5.75 Å². The van der Waals surface area contributed by atoms with Gasteiger partial charge in [0.05, 0.1) is 0 Å². The van der Waals surface area contributed by atoms with E-state index in [1.54, 1.807) is 6.92 Å². The number of nitrogens with one attached hydrogen (secondary N) is 1. The first-order chi connectivity index (χ1) is 11.6. The highest BCUT2D eigenvalue weighted by Gasteiger charge is 2.21. The van der Waals surface area contributed by atoms with Gasteiger partial charge in [0.2, 0.25) is 5.89 Å². The number of benzene rings is 1. The van der Waals surface area contributed by atoms with Crippen molar-refractivity contribution < 1.29 is 13.9 Å². The van der Waals surface area contributed by atoms with Crippen LogP contribution in [0.2, 0.25) is 0 Å².